The maximum absolute atomic E-state index is 4.92. The van der Waals surface area contributed by atoms with Crippen molar-refractivity contribution in [3.05, 3.63) is 72.8 Å². The van der Waals surface area contributed by atoms with Crippen LogP contribution in [-0.2, 0) is 0 Å². The summed E-state index contributed by atoms with van der Waals surface area (Å²) in [6.45, 7) is 0. The molecule has 126 valence electrons. The molecule has 7 rings (SSSR count). The Morgan fingerprint density at radius 2 is 0.704 bits per heavy atom. The largest absolute Gasteiger partial charge is 0.247 e. The fourth-order valence-electron chi connectivity index (χ4n) is 4.08. The first-order valence-electron chi connectivity index (χ1n) is 8.84. The number of hydrogen-bond donors (Lipinski definition) is 0. The summed E-state index contributed by atoms with van der Waals surface area (Å²) < 4.78 is 6.36. The van der Waals surface area contributed by atoms with Crippen LogP contribution in [0.15, 0.2) is 72.8 Å². The molecule has 0 radical (unpaired) electrons. The Morgan fingerprint density at radius 1 is 0.407 bits per heavy atom. The van der Waals surface area contributed by atoms with Gasteiger partial charge < -0.3 is 0 Å². The molecule has 3 aromatic carbocycles. The third-order valence-electron chi connectivity index (χ3n) is 5.23. The van der Waals surface area contributed by atoms with E-state index in [-0.39, 0.29) is 0 Å². The van der Waals surface area contributed by atoms with Crippen molar-refractivity contribution in [1.29, 1.82) is 0 Å². The van der Waals surface area contributed by atoms with Crippen molar-refractivity contribution in [1.82, 2.24) is 28.2 Å². The Hall–Kier alpha value is -3.93. The van der Waals surface area contributed by atoms with Crippen LogP contribution >= 0.6 is 0 Å². The predicted octanol–water partition coefficient (Wildman–Crippen LogP) is 4.09. The van der Waals surface area contributed by atoms with Crippen LogP contribution in [0.3, 0.4) is 0 Å². The van der Waals surface area contributed by atoms with E-state index >= 15 is 0 Å². The third kappa shape index (κ3) is 1.50. The summed E-state index contributed by atoms with van der Waals surface area (Å²) in [7, 11) is 0. The Balaban J connectivity index is 1.95. The average Bonchev–Trinajstić information content (AvgIpc) is 3.38. The zero-order chi connectivity index (χ0) is 17.5. The Morgan fingerprint density at radius 3 is 1.04 bits per heavy atom. The summed E-state index contributed by atoms with van der Waals surface area (Å²) in [4.78, 5) is 14.8. The molecule has 0 bridgehead atoms. The standard InChI is InChI=1S/C21H12N6/c1-4-10-16-13(7-1)22-19-25(16)20-23-15-9-3-6-12-18(15)27(20)21-24-14-8-2-5-11-17(14)26(19)21/h1-12H. The van der Waals surface area contributed by atoms with E-state index < -0.39 is 0 Å². The zero-order valence-corrected chi connectivity index (χ0v) is 14.1. The highest BCUT2D eigenvalue weighted by molar-refractivity contribution is 5.90. The molecule has 27 heavy (non-hydrogen) atoms. The van der Waals surface area contributed by atoms with Crippen molar-refractivity contribution in [3.8, 4) is 0 Å². The molecule has 6 heteroatoms. The molecule has 0 fully saturated rings. The number of para-hydroxylation sites is 6. The summed E-state index contributed by atoms with van der Waals surface area (Å²) >= 11 is 0. The topological polar surface area (TPSA) is 51.9 Å². The maximum atomic E-state index is 4.92. The van der Waals surface area contributed by atoms with E-state index in [0.29, 0.717) is 0 Å². The fourth-order valence-corrected chi connectivity index (χ4v) is 4.08. The van der Waals surface area contributed by atoms with Crippen molar-refractivity contribution >= 4 is 50.4 Å². The van der Waals surface area contributed by atoms with Crippen LogP contribution < -0.4 is 0 Å². The SMILES string of the molecule is c1ccc2c(c1)nc1n2c2nc3ccccc3n2c2nc3ccccc3n12. The van der Waals surface area contributed by atoms with Crippen molar-refractivity contribution in [2.45, 2.75) is 0 Å². The average molecular weight is 348 g/mol. The lowest BCUT2D eigenvalue weighted by atomic mass is 10.3. The van der Waals surface area contributed by atoms with Gasteiger partial charge in [-0.2, -0.15) is 0 Å². The summed E-state index contributed by atoms with van der Waals surface area (Å²) in [5.41, 5.74) is 5.93. The lowest BCUT2D eigenvalue weighted by Crippen LogP contribution is -2.03. The van der Waals surface area contributed by atoms with E-state index in [1.807, 2.05) is 54.6 Å². The highest BCUT2D eigenvalue weighted by Gasteiger charge is 2.19. The molecule has 0 atom stereocenters. The van der Waals surface area contributed by atoms with Crippen LogP contribution in [0.1, 0.15) is 0 Å². The van der Waals surface area contributed by atoms with Crippen LogP contribution in [0.5, 0.6) is 0 Å². The van der Waals surface area contributed by atoms with Crippen molar-refractivity contribution in [2.75, 3.05) is 0 Å². The second-order valence-corrected chi connectivity index (χ2v) is 6.71. The van der Waals surface area contributed by atoms with Gasteiger partial charge in [0, 0.05) is 0 Å². The summed E-state index contributed by atoms with van der Waals surface area (Å²) in [6.07, 6.45) is 0. The number of rotatable bonds is 0. The molecule has 4 aromatic heterocycles. The van der Waals surface area contributed by atoms with Gasteiger partial charge in [0.25, 0.3) is 0 Å². The minimum atomic E-state index is 0.822. The van der Waals surface area contributed by atoms with Gasteiger partial charge >= 0.3 is 0 Å². The predicted molar refractivity (Wildman–Crippen MR) is 105 cm³/mol. The van der Waals surface area contributed by atoms with E-state index in [1.165, 1.54) is 0 Å². The van der Waals surface area contributed by atoms with Gasteiger partial charge in [-0.15, -0.1) is 0 Å². The van der Waals surface area contributed by atoms with E-state index in [9.17, 15) is 0 Å². The molecule has 0 saturated carbocycles. The number of benzene rings is 3. The molecule has 4 heterocycles. The van der Waals surface area contributed by atoms with Gasteiger partial charge in [-0.25, -0.2) is 28.2 Å². The molecule has 0 aliphatic heterocycles. The second-order valence-electron chi connectivity index (χ2n) is 6.71. The molecule has 0 saturated heterocycles. The molecule has 0 aliphatic rings. The van der Waals surface area contributed by atoms with Crippen molar-refractivity contribution < 1.29 is 0 Å². The molecule has 0 aliphatic carbocycles. The summed E-state index contributed by atoms with van der Waals surface area (Å²) in [5, 5.41) is 0. The number of imidazole rings is 3. The van der Waals surface area contributed by atoms with Gasteiger partial charge in [0.15, 0.2) is 0 Å². The van der Waals surface area contributed by atoms with Crippen LogP contribution in [-0.4, -0.2) is 28.2 Å². The van der Waals surface area contributed by atoms with Gasteiger partial charge in [0.1, 0.15) is 0 Å². The van der Waals surface area contributed by atoms with Crippen LogP contribution in [0.2, 0.25) is 0 Å². The molecular formula is C21H12N6. The molecule has 0 amide bonds. The molecule has 0 spiro atoms. The van der Waals surface area contributed by atoms with Gasteiger partial charge in [-0.1, -0.05) is 36.4 Å². The monoisotopic (exact) mass is 348 g/mol. The molecule has 0 unspecified atom stereocenters. The fraction of sp³-hybridized carbons (Fsp3) is 0. The smallest absolute Gasteiger partial charge is 0.225 e. The first kappa shape index (κ1) is 13.3. The van der Waals surface area contributed by atoms with Crippen LogP contribution in [0.4, 0.5) is 0 Å². The van der Waals surface area contributed by atoms with E-state index in [0.717, 1.165) is 50.4 Å². The molecular weight excluding hydrogens is 336 g/mol. The van der Waals surface area contributed by atoms with Crippen molar-refractivity contribution in [2.24, 2.45) is 0 Å². The van der Waals surface area contributed by atoms with Gasteiger partial charge in [0.2, 0.25) is 17.3 Å². The van der Waals surface area contributed by atoms with Crippen LogP contribution in [0, 0.1) is 0 Å². The van der Waals surface area contributed by atoms with Gasteiger partial charge in [0.05, 0.1) is 33.1 Å². The number of nitrogens with zero attached hydrogens (tertiary/aromatic N) is 6. The number of hydrogen-bond acceptors (Lipinski definition) is 3. The molecule has 6 nitrogen and oxygen atoms in total. The van der Waals surface area contributed by atoms with Gasteiger partial charge in [-0.05, 0) is 36.4 Å². The first-order valence-corrected chi connectivity index (χ1v) is 8.84. The summed E-state index contributed by atoms with van der Waals surface area (Å²) in [6, 6.07) is 24.5. The minimum absolute atomic E-state index is 0.822. The van der Waals surface area contributed by atoms with Gasteiger partial charge in [-0.3, -0.25) is 0 Å². The number of aromatic nitrogens is 6. The zero-order valence-electron chi connectivity index (χ0n) is 14.1. The number of fused-ring (bicyclic) bond motifs is 12. The highest BCUT2D eigenvalue weighted by atomic mass is 15.3. The Bertz CT molecular complexity index is 1450. The maximum Gasteiger partial charge on any atom is 0.225 e. The lowest BCUT2D eigenvalue weighted by Gasteiger charge is -2.05. The molecule has 0 N–H and O–H groups in total. The lowest BCUT2D eigenvalue weighted by molar-refractivity contribution is 1.01. The van der Waals surface area contributed by atoms with Crippen molar-refractivity contribution in [3.63, 3.8) is 0 Å². The highest BCUT2D eigenvalue weighted by Crippen LogP contribution is 2.27. The quantitative estimate of drug-likeness (QED) is 0.415. The van der Waals surface area contributed by atoms with Crippen LogP contribution in [0.25, 0.3) is 50.4 Å². The van der Waals surface area contributed by atoms with E-state index in [1.54, 1.807) is 0 Å². The van der Waals surface area contributed by atoms with E-state index in [2.05, 4.69) is 31.4 Å². The minimum Gasteiger partial charge on any atom is -0.247 e. The Kier molecular flexibility index (Phi) is 2.18. The second kappa shape index (κ2) is 4.42. The first-order chi connectivity index (χ1) is 13.4. The Labute approximate surface area is 151 Å². The summed E-state index contributed by atoms with van der Waals surface area (Å²) in [5.74, 6) is 2.47. The van der Waals surface area contributed by atoms with E-state index in [4.69, 9.17) is 15.0 Å². The third-order valence-corrected chi connectivity index (χ3v) is 5.23. The molecule has 7 aromatic rings. The normalized spacial score (nSPS) is 12.4.